The third-order valence-corrected chi connectivity index (χ3v) is 8.25. The molecule has 0 amide bonds. The number of carbonyl (C=O) groups is 2. The first-order valence-electron chi connectivity index (χ1n) is 9.12. The van der Waals surface area contributed by atoms with Gasteiger partial charge >= 0.3 is 0 Å². The highest BCUT2D eigenvalue weighted by Crippen LogP contribution is 2.71. The van der Waals surface area contributed by atoms with E-state index in [1.54, 1.807) is 6.08 Å². The molecule has 24 heavy (non-hydrogen) atoms. The summed E-state index contributed by atoms with van der Waals surface area (Å²) in [4.78, 5) is 24.6. The molecule has 128 valence electrons. The molecular weight excluding hydrogens is 307 g/mol. The Kier molecular flexibility index (Phi) is 2.67. The first-order chi connectivity index (χ1) is 11.4. The fourth-order valence-corrected chi connectivity index (χ4v) is 6.89. The van der Waals surface area contributed by atoms with Crippen molar-refractivity contribution in [2.24, 2.45) is 28.6 Å². The molecule has 2 unspecified atom stereocenters. The lowest BCUT2D eigenvalue weighted by Gasteiger charge is -2.57. The highest BCUT2D eigenvalue weighted by atomic mass is 19.1. The van der Waals surface area contributed by atoms with Crippen molar-refractivity contribution in [2.75, 3.05) is 0 Å². The van der Waals surface area contributed by atoms with Gasteiger partial charge in [0, 0.05) is 17.3 Å². The van der Waals surface area contributed by atoms with Crippen molar-refractivity contribution in [1.29, 1.82) is 0 Å². The van der Waals surface area contributed by atoms with Crippen molar-refractivity contribution in [1.82, 2.24) is 0 Å². The van der Waals surface area contributed by atoms with Gasteiger partial charge in [-0.05, 0) is 55.1 Å². The fourth-order valence-electron chi connectivity index (χ4n) is 6.89. The Morgan fingerprint density at radius 2 is 2.04 bits per heavy atom. The van der Waals surface area contributed by atoms with Crippen LogP contribution in [0.4, 0.5) is 4.39 Å². The van der Waals surface area contributed by atoms with Crippen LogP contribution in [0.15, 0.2) is 24.1 Å². The lowest BCUT2D eigenvalue weighted by molar-refractivity contribution is -0.133. The quantitative estimate of drug-likeness (QED) is 0.638. The number of epoxide rings is 1. The van der Waals surface area contributed by atoms with Gasteiger partial charge in [-0.2, -0.15) is 0 Å². The number of fused-ring (bicyclic) bond motifs is 4. The van der Waals surface area contributed by atoms with Crippen LogP contribution in [0, 0.1) is 28.6 Å². The molecule has 0 N–H and O–H groups in total. The number of hydrogen-bond acceptors (Lipinski definition) is 3. The van der Waals surface area contributed by atoms with Gasteiger partial charge < -0.3 is 4.74 Å². The molecule has 0 aromatic carbocycles. The third-order valence-electron chi connectivity index (χ3n) is 8.25. The lowest BCUT2D eigenvalue weighted by Crippen LogP contribution is -2.57. The van der Waals surface area contributed by atoms with Crippen LogP contribution in [0.3, 0.4) is 0 Å². The minimum Gasteiger partial charge on any atom is -0.352 e. The van der Waals surface area contributed by atoms with E-state index in [0.717, 1.165) is 19.3 Å². The second-order valence-electron chi connectivity index (χ2n) is 8.89. The van der Waals surface area contributed by atoms with E-state index in [0.29, 0.717) is 48.3 Å². The zero-order valence-corrected chi connectivity index (χ0v) is 14.2. The molecule has 5 rings (SSSR count). The highest BCUT2D eigenvalue weighted by Gasteiger charge is 2.77. The Bertz CT molecular complexity index is 724. The third kappa shape index (κ3) is 1.40. The van der Waals surface area contributed by atoms with Gasteiger partial charge in [0.15, 0.2) is 11.9 Å². The van der Waals surface area contributed by atoms with E-state index in [4.69, 9.17) is 4.74 Å². The summed E-state index contributed by atoms with van der Waals surface area (Å²) in [6.07, 6.45) is 7.88. The summed E-state index contributed by atoms with van der Waals surface area (Å²) in [5, 5.41) is 0. The Labute approximate surface area is 141 Å². The van der Waals surface area contributed by atoms with Crippen molar-refractivity contribution in [3.05, 3.63) is 24.1 Å². The second-order valence-corrected chi connectivity index (χ2v) is 8.89. The average molecular weight is 330 g/mol. The number of rotatable bonds is 0. The molecule has 7 atom stereocenters. The summed E-state index contributed by atoms with van der Waals surface area (Å²) in [6, 6.07) is 0. The van der Waals surface area contributed by atoms with E-state index in [1.807, 2.05) is 6.08 Å². The summed E-state index contributed by atoms with van der Waals surface area (Å²) in [6.45, 7) is 4.25. The fraction of sp³-hybridized carbons (Fsp3) is 0.700. The topological polar surface area (TPSA) is 46.7 Å². The van der Waals surface area contributed by atoms with Crippen molar-refractivity contribution in [3.63, 3.8) is 0 Å². The van der Waals surface area contributed by atoms with Crippen LogP contribution in [0.5, 0.6) is 0 Å². The number of hydrogen-bond donors (Lipinski definition) is 0. The molecule has 0 aromatic heterocycles. The average Bonchev–Trinajstić information content (AvgIpc) is 3.25. The molecule has 1 aliphatic heterocycles. The minimum absolute atomic E-state index is 0.0398. The van der Waals surface area contributed by atoms with Crippen LogP contribution >= 0.6 is 0 Å². The maximum absolute atomic E-state index is 13.8. The second kappa shape index (κ2) is 4.27. The predicted molar refractivity (Wildman–Crippen MR) is 85.7 cm³/mol. The predicted octanol–water partition coefficient (Wildman–Crippen LogP) is 3.54. The van der Waals surface area contributed by atoms with E-state index < -0.39 is 11.7 Å². The van der Waals surface area contributed by atoms with Gasteiger partial charge in [-0.1, -0.05) is 19.9 Å². The van der Waals surface area contributed by atoms with Gasteiger partial charge in [0.2, 0.25) is 0 Å². The highest BCUT2D eigenvalue weighted by molar-refractivity contribution is 5.99. The van der Waals surface area contributed by atoms with E-state index >= 15 is 0 Å². The van der Waals surface area contributed by atoms with E-state index in [-0.39, 0.29) is 16.6 Å². The maximum atomic E-state index is 13.8. The summed E-state index contributed by atoms with van der Waals surface area (Å²) in [7, 11) is 0. The Morgan fingerprint density at radius 1 is 1.25 bits per heavy atom. The zero-order chi connectivity index (χ0) is 16.9. The van der Waals surface area contributed by atoms with E-state index in [1.165, 1.54) is 0 Å². The van der Waals surface area contributed by atoms with Crippen molar-refractivity contribution in [2.45, 2.75) is 57.7 Å². The number of ether oxygens (including phenoxy) is 1. The summed E-state index contributed by atoms with van der Waals surface area (Å²) in [5.41, 5.74) is -0.705. The Morgan fingerprint density at radius 3 is 2.79 bits per heavy atom. The molecular formula is C20H23FO3. The molecule has 1 heterocycles. The molecule has 3 saturated carbocycles. The molecule has 5 aliphatic rings. The van der Waals surface area contributed by atoms with Crippen LogP contribution < -0.4 is 0 Å². The van der Waals surface area contributed by atoms with Crippen molar-refractivity contribution >= 4 is 11.6 Å². The van der Waals surface area contributed by atoms with Crippen molar-refractivity contribution in [3.8, 4) is 0 Å². The monoisotopic (exact) mass is 330 g/mol. The number of carbonyl (C=O) groups excluding carboxylic acids is 2. The van der Waals surface area contributed by atoms with Gasteiger partial charge in [0.1, 0.15) is 11.4 Å². The van der Waals surface area contributed by atoms with Crippen LogP contribution in [-0.2, 0) is 14.3 Å². The molecule has 1 spiro atoms. The van der Waals surface area contributed by atoms with Gasteiger partial charge in [-0.25, -0.2) is 4.39 Å². The molecule has 0 radical (unpaired) electrons. The number of ketones is 2. The van der Waals surface area contributed by atoms with Crippen LogP contribution in [-0.4, -0.2) is 23.3 Å². The first-order valence-corrected chi connectivity index (χ1v) is 9.12. The summed E-state index contributed by atoms with van der Waals surface area (Å²) < 4.78 is 19.8. The normalized spacial score (nSPS) is 56.5. The Hall–Kier alpha value is -1.29. The SMILES string of the molecule is C[C@]12CC[C@@H]3[C@@H](CC(=CF)C45OC4C(=O)C=C[C@]35C)[C@@H]1CCC2=O. The van der Waals surface area contributed by atoms with E-state index in [9.17, 15) is 14.0 Å². The van der Waals surface area contributed by atoms with Gasteiger partial charge in [0.05, 0.1) is 6.33 Å². The summed E-state index contributed by atoms with van der Waals surface area (Å²) in [5.74, 6) is 1.32. The molecule has 0 bridgehead atoms. The maximum Gasteiger partial charge on any atom is 0.187 e. The molecule has 0 aromatic rings. The first kappa shape index (κ1) is 15.0. The van der Waals surface area contributed by atoms with Gasteiger partial charge in [0.25, 0.3) is 0 Å². The van der Waals surface area contributed by atoms with Gasteiger partial charge in [-0.3, -0.25) is 9.59 Å². The number of halogens is 1. The van der Waals surface area contributed by atoms with E-state index in [2.05, 4.69) is 13.8 Å². The molecule has 1 saturated heterocycles. The van der Waals surface area contributed by atoms with Crippen LogP contribution in [0.25, 0.3) is 0 Å². The molecule has 4 heteroatoms. The molecule has 4 fully saturated rings. The van der Waals surface area contributed by atoms with Crippen molar-refractivity contribution < 1.29 is 18.7 Å². The van der Waals surface area contributed by atoms with Crippen LogP contribution in [0.1, 0.15) is 46.0 Å². The largest absolute Gasteiger partial charge is 0.352 e. The molecule has 4 aliphatic carbocycles. The van der Waals surface area contributed by atoms with Gasteiger partial charge in [-0.15, -0.1) is 0 Å². The Balaban J connectivity index is 1.63. The lowest BCUT2D eigenvalue weighted by atomic mass is 9.45. The standard InChI is InChI=1S/C20H23FO3/c1-18-7-5-14-12(13(18)3-4-16(18)23)9-11(10-21)20-17(24-20)15(22)6-8-19(14,20)2/h6,8,10,12-14,17H,3-5,7,9H2,1-2H3/t12-,13-,14+,17?,18-,19+,20?/m0/s1. The van der Waals surface area contributed by atoms with Crippen LogP contribution in [0.2, 0.25) is 0 Å². The number of Topliss-reactive ketones (excluding diaryl/α,β-unsaturated/α-hetero) is 1. The zero-order valence-electron chi connectivity index (χ0n) is 14.2. The minimum atomic E-state index is -0.759. The summed E-state index contributed by atoms with van der Waals surface area (Å²) >= 11 is 0. The molecule has 3 nitrogen and oxygen atoms in total. The smallest absolute Gasteiger partial charge is 0.187 e.